The molecule has 0 bridgehead atoms. The average molecular weight is 297 g/mol. The fourth-order valence-corrected chi connectivity index (χ4v) is 2.01. The highest BCUT2D eigenvalue weighted by Crippen LogP contribution is 2.36. The highest BCUT2D eigenvalue weighted by Gasteiger charge is 2.11. The molecule has 1 aromatic rings. The van der Waals surface area contributed by atoms with Crippen LogP contribution in [0, 0.1) is 11.8 Å². The molecule has 0 amide bonds. The second-order valence-corrected chi connectivity index (χ2v) is 4.50. The number of hydrogen-bond acceptors (Lipinski definition) is 1. The van der Waals surface area contributed by atoms with E-state index in [4.69, 9.17) is 46.4 Å². The maximum atomic E-state index is 5.99. The number of nitrogens with one attached hydrogen (secondary N) is 1. The minimum atomic E-state index is 0.278. The van der Waals surface area contributed by atoms with Crippen LogP contribution in [0.4, 0.5) is 0 Å². The van der Waals surface area contributed by atoms with Crippen molar-refractivity contribution >= 4 is 46.4 Å². The van der Waals surface area contributed by atoms with Crippen LogP contribution in [0.25, 0.3) is 0 Å². The van der Waals surface area contributed by atoms with Crippen molar-refractivity contribution in [3.05, 3.63) is 31.7 Å². The van der Waals surface area contributed by atoms with Gasteiger partial charge in [0.2, 0.25) is 0 Å². The SMILES string of the molecule is CCNCC#Cc1c(Cl)cc(Cl)c(Cl)c1Cl. The van der Waals surface area contributed by atoms with Gasteiger partial charge in [0, 0.05) is 0 Å². The Kier molecular flexibility index (Phi) is 5.75. The summed E-state index contributed by atoms with van der Waals surface area (Å²) in [4.78, 5) is 0. The molecule has 0 saturated heterocycles. The van der Waals surface area contributed by atoms with Crippen LogP contribution in [0.5, 0.6) is 0 Å². The molecule has 0 aliphatic rings. The molecule has 1 rings (SSSR count). The molecule has 1 N–H and O–H groups in total. The van der Waals surface area contributed by atoms with E-state index in [2.05, 4.69) is 17.2 Å². The third-order valence-corrected chi connectivity index (χ3v) is 3.35. The van der Waals surface area contributed by atoms with Crippen LogP contribution in [0.15, 0.2) is 6.07 Å². The van der Waals surface area contributed by atoms with Crippen LogP contribution in [0.3, 0.4) is 0 Å². The number of benzene rings is 1. The fourth-order valence-electron chi connectivity index (χ4n) is 1.00. The van der Waals surface area contributed by atoms with Crippen molar-refractivity contribution in [2.75, 3.05) is 13.1 Å². The fraction of sp³-hybridized carbons (Fsp3) is 0.273. The van der Waals surface area contributed by atoms with Crippen molar-refractivity contribution < 1.29 is 0 Å². The average Bonchev–Trinajstić information content (AvgIpc) is 2.25. The lowest BCUT2D eigenvalue weighted by molar-refractivity contribution is 0.811. The molecule has 5 heteroatoms. The summed E-state index contributed by atoms with van der Waals surface area (Å²) in [6.45, 7) is 3.43. The maximum Gasteiger partial charge on any atom is 0.0792 e. The Bertz CT molecular complexity index is 446. The monoisotopic (exact) mass is 295 g/mol. The van der Waals surface area contributed by atoms with Crippen LogP contribution < -0.4 is 5.32 Å². The predicted octanol–water partition coefficient (Wildman–Crippen LogP) is 4.26. The van der Waals surface area contributed by atoms with Crippen molar-refractivity contribution in [2.45, 2.75) is 6.92 Å². The molecular formula is C11H9Cl4N. The van der Waals surface area contributed by atoms with E-state index in [-0.39, 0.29) is 5.02 Å². The third kappa shape index (κ3) is 3.45. The zero-order chi connectivity index (χ0) is 12.1. The van der Waals surface area contributed by atoms with Crippen LogP contribution in [-0.4, -0.2) is 13.1 Å². The van der Waals surface area contributed by atoms with E-state index in [0.29, 0.717) is 27.2 Å². The van der Waals surface area contributed by atoms with Gasteiger partial charge in [0.25, 0.3) is 0 Å². The van der Waals surface area contributed by atoms with Gasteiger partial charge in [-0.05, 0) is 12.6 Å². The molecule has 16 heavy (non-hydrogen) atoms. The van der Waals surface area contributed by atoms with Gasteiger partial charge in [0.1, 0.15) is 0 Å². The molecule has 0 aromatic heterocycles. The van der Waals surface area contributed by atoms with Gasteiger partial charge < -0.3 is 5.32 Å². The van der Waals surface area contributed by atoms with Gasteiger partial charge in [-0.25, -0.2) is 0 Å². The first-order valence-electron chi connectivity index (χ1n) is 4.60. The van der Waals surface area contributed by atoms with Gasteiger partial charge in [-0.1, -0.05) is 65.2 Å². The minimum Gasteiger partial charge on any atom is -0.306 e. The summed E-state index contributed by atoms with van der Waals surface area (Å²) in [6.07, 6.45) is 0. The van der Waals surface area contributed by atoms with E-state index in [9.17, 15) is 0 Å². The summed E-state index contributed by atoms with van der Waals surface area (Å²) in [7, 11) is 0. The Morgan fingerprint density at radius 1 is 1.12 bits per heavy atom. The van der Waals surface area contributed by atoms with E-state index in [1.54, 1.807) is 0 Å². The highest BCUT2D eigenvalue weighted by molar-refractivity contribution is 6.49. The lowest BCUT2D eigenvalue weighted by Gasteiger charge is -2.04. The summed E-state index contributed by atoms with van der Waals surface area (Å²) < 4.78 is 0. The summed E-state index contributed by atoms with van der Waals surface area (Å²) >= 11 is 23.7. The Hall–Kier alpha value is -0.100. The molecule has 1 aromatic carbocycles. The molecule has 0 heterocycles. The van der Waals surface area contributed by atoms with Gasteiger partial charge >= 0.3 is 0 Å². The maximum absolute atomic E-state index is 5.99. The topological polar surface area (TPSA) is 12.0 Å². The van der Waals surface area contributed by atoms with E-state index >= 15 is 0 Å². The zero-order valence-electron chi connectivity index (χ0n) is 8.50. The largest absolute Gasteiger partial charge is 0.306 e. The highest BCUT2D eigenvalue weighted by atomic mass is 35.5. The summed E-state index contributed by atoms with van der Waals surface area (Å²) in [5.74, 6) is 5.76. The molecule has 0 aliphatic carbocycles. The number of hydrogen-bond donors (Lipinski definition) is 1. The first-order valence-corrected chi connectivity index (χ1v) is 6.11. The van der Waals surface area contributed by atoms with Gasteiger partial charge in [0.15, 0.2) is 0 Å². The Balaban J connectivity index is 3.03. The quantitative estimate of drug-likeness (QED) is 0.372. The van der Waals surface area contributed by atoms with Gasteiger partial charge in [-0.2, -0.15) is 0 Å². The number of halogens is 4. The standard InChI is InChI=1S/C11H9Cl4N/c1-2-16-5-3-4-7-8(12)6-9(13)11(15)10(7)14/h6,16H,2,5H2,1H3. The van der Waals surface area contributed by atoms with E-state index in [1.807, 2.05) is 6.92 Å². The predicted molar refractivity (Wildman–Crippen MR) is 71.9 cm³/mol. The molecule has 0 fully saturated rings. The minimum absolute atomic E-state index is 0.278. The Morgan fingerprint density at radius 2 is 1.81 bits per heavy atom. The second kappa shape index (κ2) is 6.59. The lowest BCUT2D eigenvalue weighted by atomic mass is 10.2. The molecular weight excluding hydrogens is 288 g/mol. The molecule has 0 aliphatic heterocycles. The summed E-state index contributed by atoms with van der Waals surface area (Å²) in [5.41, 5.74) is 0.510. The normalized spacial score (nSPS) is 9.81. The molecule has 0 unspecified atom stereocenters. The first-order chi connectivity index (χ1) is 7.57. The number of rotatable bonds is 2. The van der Waals surface area contributed by atoms with Crippen molar-refractivity contribution in [3.8, 4) is 11.8 Å². The Morgan fingerprint density at radius 3 is 2.44 bits per heavy atom. The molecule has 0 atom stereocenters. The molecule has 0 spiro atoms. The van der Waals surface area contributed by atoms with Crippen LogP contribution in [-0.2, 0) is 0 Å². The van der Waals surface area contributed by atoms with E-state index < -0.39 is 0 Å². The van der Waals surface area contributed by atoms with Crippen LogP contribution >= 0.6 is 46.4 Å². The van der Waals surface area contributed by atoms with Crippen molar-refractivity contribution in [3.63, 3.8) is 0 Å². The zero-order valence-corrected chi connectivity index (χ0v) is 11.5. The van der Waals surface area contributed by atoms with Gasteiger partial charge in [0.05, 0.1) is 32.2 Å². The lowest BCUT2D eigenvalue weighted by Crippen LogP contribution is -2.11. The summed E-state index contributed by atoms with van der Waals surface area (Å²) in [5, 5.41) is 4.37. The van der Waals surface area contributed by atoms with Crippen LogP contribution in [0.1, 0.15) is 12.5 Å². The molecule has 1 nitrogen and oxygen atoms in total. The van der Waals surface area contributed by atoms with Crippen molar-refractivity contribution in [1.29, 1.82) is 0 Å². The third-order valence-electron chi connectivity index (χ3n) is 1.79. The van der Waals surface area contributed by atoms with Gasteiger partial charge in [-0.3, -0.25) is 0 Å². The van der Waals surface area contributed by atoms with Crippen molar-refractivity contribution in [2.24, 2.45) is 0 Å². The van der Waals surface area contributed by atoms with E-state index in [1.165, 1.54) is 6.07 Å². The molecule has 86 valence electrons. The Labute approximate surface area is 115 Å². The van der Waals surface area contributed by atoms with E-state index in [0.717, 1.165) is 6.54 Å². The first kappa shape index (κ1) is 14.0. The van der Waals surface area contributed by atoms with Crippen molar-refractivity contribution in [1.82, 2.24) is 5.32 Å². The summed E-state index contributed by atoms with van der Waals surface area (Å²) in [6, 6.07) is 1.54. The molecule has 0 radical (unpaired) electrons. The second-order valence-electron chi connectivity index (χ2n) is 2.93. The molecule has 0 saturated carbocycles. The smallest absolute Gasteiger partial charge is 0.0792 e. The van der Waals surface area contributed by atoms with Gasteiger partial charge in [-0.15, -0.1) is 0 Å². The van der Waals surface area contributed by atoms with Crippen LogP contribution in [0.2, 0.25) is 20.1 Å².